The Bertz CT molecular complexity index is 686. The number of methoxy groups -OCH3 is 1. The zero-order valence-corrected chi connectivity index (χ0v) is 14.8. The molecule has 0 amide bonds. The number of rotatable bonds is 4. The number of hydrogen-bond donors (Lipinski definition) is 1. The molecule has 5 heteroatoms. The third kappa shape index (κ3) is 3.50. The molecule has 0 atom stereocenters. The molecule has 0 aliphatic carbocycles. The molecule has 2 aromatic rings. The van der Waals surface area contributed by atoms with Crippen LogP contribution in [0.2, 0.25) is 0 Å². The van der Waals surface area contributed by atoms with E-state index >= 15 is 0 Å². The van der Waals surface area contributed by atoms with E-state index in [1.807, 2.05) is 26.2 Å². The van der Waals surface area contributed by atoms with E-state index < -0.39 is 0 Å². The van der Waals surface area contributed by atoms with E-state index in [0.717, 1.165) is 23.9 Å². The fourth-order valence-corrected chi connectivity index (χ4v) is 2.92. The molecule has 1 aromatic carbocycles. The standard InChI is InChI=1S/C18H26N4O/c1-13-11-15(12-21(5)18(19-3)20-4)14(2)22(13)16-7-9-17(23-6)10-8-16/h7-11H,12H2,1-6H3,(H,19,20). The molecule has 5 nitrogen and oxygen atoms in total. The molecule has 0 unspecified atom stereocenters. The largest absolute Gasteiger partial charge is 0.497 e. The minimum atomic E-state index is 0.809. The summed E-state index contributed by atoms with van der Waals surface area (Å²) >= 11 is 0. The Morgan fingerprint density at radius 2 is 1.91 bits per heavy atom. The number of aromatic nitrogens is 1. The molecule has 0 radical (unpaired) electrons. The SMILES string of the molecule is CN=C(NC)N(C)Cc1cc(C)n(-c2ccc(OC)cc2)c1C. The Hall–Kier alpha value is -2.43. The molecular weight excluding hydrogens is 288 g/mol. The quantitative estimate of drug-likeness (QED) is 0.697. The van der Waals surface area contributed by atoms with E-state index in [-0.39, 0.29) is 0 Å². The molecule has 23 heavy (non-hydrogen) atoms. The first-order chi connectivity index (χ1) is 11.0. The summed E-state index contributed by atoms with van der Waals surface area (Å²) in [5, 5.41) is 3.11. The Kier molecular flexibility index (Phi) is 5.32. The number of ether oxygens (including phenoxy) is 1. The maximum absolute atomic E-state index is 5.24. The van der Waals surface area contributed by atoms with Gasteiger partial charge in [0.25, 0.3) is 0 Å². The van der Waals surface area contributed by atoms with Gasteiger partial charge >= 0.3 is 0 Å². The topological polar surface area (TPSA) is 41.8 Å². The molecule has 2 rings (SSSR count). The van der Waals surface area contributed by atoms with E-state index in [1.54, 1.807) is 14.2 Å². The maximum Gasteiger partial charge on any atom is 0.193 e. The van der Waals surface area contributed by atoms with Gasteiger partial charge in [-0.05, 0) is 49.7 Å². The van der Waals surface area contributed by atoms with Crippen LogP contribution in [0, 0.1) is 13.8 Å². The summed E-state index contributed by atoms with van der Waals surface area (Å²) < 4.78 is 7.51. The van der Waals surface area contributed by atoms with Gasteiger partial charge in [-0.1, -0.05) is 0 Å². The van der Waals surface area contributed by atoms with Gasteiger partial charge in [0, 0.05) is 44.8 Å². The highest BCUT2D eigenvalue weighted by Crippen LogP contribution is 2.23. The average molecular weight is 314 g/mol. The lowest BCUT2D eigenvalue weighted by molar-refractivity contribution is 0.414. The lowest BCUT2D eigenvalue weighted by atomic mass is 10.2. The second-order valence-electron chi connectivity index (χ2n) is 5.58. The lowest BCUT2D eigenvalue weighted by Gasteiger charge is -2.20. The summed E-state index contributed by atoms with van der Waals surface area (Å²) in [6, 6.07) is 10.4. The molecule has 0 aliphatic heterocycles. The summed E-state index contributed by atoms with van der Waals surface area (Å²) in [4.78, 5) is 6.36. The van der Waals surface area contributed by atoms with Crippen molar-refractivity contribution in [2.75, 3.05) is 28.3 Å². The molecule has 0 saturated heterocycles. The highest BCUT2D eigenvalue weighted by Gasteiger charge is 2.13. The maximum atomic E-state index is 5.24. The minimum Gasteiger partial charge on any atom is -0.497 e. The van der Waals surface area contributed by atoms with Gasteiger partial charge in [-0.2, -0.15) is 0 Å². The van der Waals surface area contributed by atoms with Gasteiger partial charge in [0.05, 0.1) is 7.11 Å². The van der Waals surface area contributed by atoms with Crippen LogP contribution >= 0.6 is 0 Å². The predicted octanol–water partition coefficient (Wildman–Crippen LogP) is 2.74. The van der Waals surface area contributed by atoms with E-state index in [1.165, 1.54) is 17.0 Å². The van der Waals surface area contributed by atoms with E-state index in [9.17, 15) is 0 Å². The highest BCUT2D eigenvalue weighted by atomic mass is 16.5. The zero-order valence-electron chi connectivity index (χ0n) is 14.8. The molecule has 0 aliphatic rings. The van der Waals surface area contributed by atoms with Crippen LogP contribution < -0.4 is 10.1 Å². The Morgan fingerprint density at radius 1 is 1.26 bits per heavy atom. The normalized spacial score (nSPS) is 11.5. The van der Waals surface area contributed by atoms with Crippen molar-refractivity contribution in [3.63, 3.8) is 0 Å². The first kappa shape index (κ1) is 16.9. The molecular formula is C18H26N4O. The Morgan fingerprint density at radius 3 is 2.43 bits per heavy atom. The van der Waals surface area contributed by atoms with Crippen molar-refractivity contribution in [3.05, 3.63) is 47.3 Å². The van der Waals surface area contributed by atoms with Crippen LogP contribution in [0.25, 0.3) is 5.69 Å². The van der Waals surface area contributed by atoms with E-state index in [0.29, 0.717) is 0 Å². The van der Waals surface area contributed by atoms with Crippen LogP contribution in [0.3, 0.4) is 0 Å². The average Bonchev–Trinajstić information content (AvgIpc) is 2.82. The zero-order chi connectivity index (χ0) is 17.0. The number of nitrogens with zero attached hydrogens (tertiary/aromatic N) is 3. The van der Waals surface area contributed by atoms with Crippen LogP contribution in [0.4, 0.5) is 0 Å². The molecule has 124 valence electrons. The summed E-state index contributed by atoms with van der Waals surface area (Å²) in [7, 11) is 7.41. The van der Waals surface area contributed by atoms with Gasteiger partial charge in [0.2, 0.25) is 0 Å². The Balaban J connectivity index is 2.32. The van der Waals surface area contributed by atoms with Crippen LogP contribution in [0.1, 0.15) is 17.0 Å². The van der Waals surface area contributed by atoms with Gasteiger partial charge in [0.1, 0.15) is 5.75 Å². The van der Waals surface area contributed by atoms with E-state index in [4.69, 9.17) is 4.74 Å². The smallest absolute Gasteiger partial charge is 0.193 e. The van der Waals surface area contributed by atoms with E-state index in [2.05, 4.69) is 51.8 Å². The summed E-state index contributed by atoms with van der Waals surface area (Å²) in [5.41, 5.74) is 4.89. The fourth-order valence-electron chi connectivity index (χ4n) is 2.92. The molecule has 0 saturated carbocycles. The summed E-state index contributed by atoms with van der Waals surface area (Å²) in [6.07, 6.45) is 0. The van der Waals surface area contributed by atoms with Crippen LogP contribution in [0.5, 0.6) is 5.75 Å². The minimum absolute atomic E-state index is 0.809. The first-order valence-electron chi connectivity index (χ1n) is 7.69. The number of guanidine groups is 1. The van der Waals surface area contributed by atoms with Gasteiger partial charge in [0.15, 0.2) is 5.96 Å². The second kappa shape index (κ2) is 7.22. The number of aryl methyl sites for hydroxylation is 1. The molecule has 1 heterocycles. The third-order valence-corrected chi connectivity index (χ3v) is 4.07. The van der Waals surface area contributed by atoms with Crippen molar-refractivity contribution in [1.29, 1.82) is 0 Å². The summed E-state index contributed by atoms with van der Waals surface area (Å²) in [5.74, 6) is 1.74. The lowest BCUT2D eigenvalue weighted by Crippen LogP contribution is -2.36. The molecule has 1 aromatic heterocycles. The van der Waals surface area contributed by atoms with Crippen LogP contribution in [-0.2, 0) is 6.54 Å². The fraction of sp³-hybridized carbons (Fsp3) is 0.389. The predicted molar refractivity (Wildman–Crippen MR) is 95.7 cm³/mol. The molecule has 0 spiro atoms. The van der Waals surface area contributed by atoms with Gasteiger partial charge in [-0.25, -0.2) is 0 Å². The van der Waals surface area contributed by atoms with Crippen LogP contribution in [0.15, 0.2) is 35.3 Å². The van der Waals surface area contributed by atoms with Crippen molar-refractivity contribution in [3.8, 4) is 11.4 Å². The Labute approximate surface area is 138 Å². The molecule has 0 fully saturated rings. The molecule has 0 bridgehead atoms. The third-order valence-electron chi connectivity index (χ3n) is 4.07. The summed E-state index contributed by atoms with van der Waals surface area (Å²) in [6.45, 7) is 5.10. The van der Waals surface area contributed by atoms with Crippen molar-refractivity contribution in [2.24, 2.45) is 4.99 Å². The van der Waals surface area contributed by atoms with Crippen molar-refractivity contribution in [2.45, 2.75) is 20.4 Å². The second-order valence-corrected chi connectivity index (χ2v) is 5.58. The van der Waals surface area contributed by atoms with Gasteiger partial charge < -0.3 is 19.5 Å². The molecule has 1 N–H and O–H groups in total. The van der Waals surface area contributed by atoms with Crippen molar-refractivity contribution >= 4 is 5.96 Å². The van der Waals surface area contributed by atoms with Gasteiger partial charge in [-0.3, -0.25) is 4.99 Å². The number of aliphatic imine (C=N–C) groups is 1. The highest BCUT2D eigenvalue weighted by molar-refractivity contribution is 5.79. The number of hydrogen-bond acceptors (Lipinski definition) is 2. The van der Waals surface area contributed by atoms with Crippen molar-refractivity contribution < 1.29 is 4.74 Å². The number of nitrogens with one attached hydrogen (secondary N) is 1. The van der Waals surface area contributed by atoms with Crippen molar-refractivity contribution in [1.82, 2.24) is 14.8 Å². The first-order valence-corrected chi connectivity index (χ1v) is 7.69. The van der Waals surface area contributed by atoms with Gasteiger partial charge in [-0.15, -0.1) is 0 Å². The number of benzene rings is 1. The van der Waals surface area contributed by atoms with Crippen LogP contribution in [-0.4, -0.2) is 43.7 Å². The monoisotopic (exact) mass is 314 g/mol.